The zero-order valence-corrected chi connectivity index (χ0v) is 12.8. The first-order chi connectivity index (χ1) is 9.72. The SMILES string of the molecule is CCCNC(c1ccc(C)cc1)C(C)c1ccccc1. The van der Waals surface area contributed by atoms with Crippen LogP contribution >= 0.6 is 0 Å². The number of nitrogens with one attached hydrogen (secondary N) is 1. The predicted molar refractivity (Wildman–Crippen MR) is 87.1 cm³/mol. The maximum atomic E-state index is 3.70. The van der Waals surface area contributed by atoms with Crippen LogP contribution in [0.5, 0.6) is 0 Å². The molecule has 20 heavy (non-hydrogen) atoms. The molecule has 1 heteroatoms. The summed E-state index contributed by atoms with van der Waals surface area (Å²) >= 11 is 0. The highest BCUT2D eigenvalue weighted by atomic mass is 14.9. The van der Waals surface area contributed by atoms with Crippen LogP contribution in [0.3, 0.4) is 0 Å². The molecule has 2 rings (SSSR count). The largest absolute Gasteiger partial charge is 0.309 e. The van der Waals surface area contributed by atoms with E-state index in [0.29, 0.717) is 12.0 Å². The molecule has 106 valence electrons. The van der Waals surface area contributed by atoms with Crippen LogP contribution < -0.4 is 5.32 Å². The van der Waals surface area contributed by atoms with Crippen molar-refractivity contribution in [1.29, 1.82) is 0 Å². The van der Waals surface area contributed by atoms with E-state index in [1.165, 1.54) is 16.7 Å². The lowest BCUT2D eigenvalue weighted by Crippen LogP contribution is -2.26. The summed E-state index contributed by atoms with van der Waals surface area (Å²) in [6.45, 7) is 7.71. The summed E-state index contributed by atoms with van der Waals surface area (Å²) in [6.07, 6.45) is 1.16. The predicted octanol–water partition coefficient (Wildman–Crippen LogP) is 4.84. The van der Waals surface area contributed by atoms with Crippen LogP contribution in [0.25, 0.3) is 0 Å². The number of benzene rings is 2. The lowest BCUT2D eigenvalue weighted by atomic mass is 9.88. The van der Waals surface area contributed by atoms with E-state index in [-0.39, 0.29) is 0 Å². The first-order valence-corrected chi connectivity index (χ1v) is 7.57. The molecule has 2 aromatic carbocycles. The van der Waals surface area contributed by atoms with Crippen molar-refractivity contribution in [1.82, 2.24) is 5.32 Å². The van der Waals surface area contributed by atoms with E-state index in [1.54, 1.807) is 0 Å². The summed E-state index contributed by atoms with van der Waals surface area (Å²) in [5, 5.41) is 3.70. The third kappa shape index (κ3) is 3.71. The Labute approximate surface area is 123 Å². The van der Waals surface area contributed by atoms with E-state index >= 15 is 0 Å². The highest BCUT2D eigenvalue weighted by Crippen LogP contribution is 2.30. The summed E-state index contributed by atoms with van der Waals surface area (Å²) in [4.78, 5) is 0. The van der Waals surface area contributed by atoms with Gasteiger partial charge in [-0.05, 0) is 31.0 Å². The Bertz CT molecular complexity index is 501. The molecule has 0 amide bonds. The molecule has 0 aliphatic rings. The van der Waals surface area contributed by atoms with Crippen LogP contribution in [0.15, 0.2) is 54.6 Å². The zero-order valence-electron chi connectivity index (χ0n) is 12.8. The van der Waals surface area contributed by atoms with Crippen LogP contribution in [0.1, 0.15) is 48.9 Å². The maximum Gasteiger partial charge on any atom is 0.0386 e. The molecule has 0 bridgehead atoms. The summed E-state index contributed by atoms with van der Waals surface area (Å²) in [6, 6.07) is 20.1. The lowest BCUT2D eigenvalue weighted by Gasteiger charge is -2.26. The monoisotopic (exact) mass is 267 g/mol. The average molecular weight is 267 g/mol. The minimum Gasteiger partial charge on any atom is -0.309 e. The molecule has 2 aromatic rings. The summed E-state index contributed by atoms with van der Waals surface area (Å²) in [7, 11) is 0. The fraction of sp³-hybridized carbons (Fsp3) is 0.368. The van der Waals surface area contributed by atoms with Gasteiger partial charge in [-0.3, -0.25) is 0 Å². The van der Waals surface area contributed by atoms with Crippen LogP contribution in [0.4, 0.5) is 0 Å². The normalized spacial score (nSPS) is 13.9. The van der Waals surface area contributed by atoms with Gasteiger partial charge in [-0.1, -0.05) is 74.0 Å². The van der Waals surface area contributed by atoms with E-state index < -0.39 is 0 Å². The van der Waals surface area contributed by atoms with Crippen LogP contribution in [-0.4, -0.2) is 6.54 Å². The average Bonchev–Trinajstić information content (AvgIpc) is 2.50. The Balaban J connectivity index is 2.25. The van der Waals surface area contributed by atoms with Gasteiger partial charge in [0.2, 0.25) is 0 Å². The Hall–Kier alpha value is -1.60. The molecule has 0 spiro atoms. The highest BCUT2D eigenvalue weighted by molar-refractivity contribution is 5.29. The van der Waals surface area contributed by atoms with Gasteiger partial charge < -0.3 is 5.32 Å². The van der Waals surface area contributed by atoms with Crippen molar-refractivity contribution in [2.75, 3.05) is 6.54 Å². The molecule has 1 N–H and O–H groups in total. The van der Waals surface area contributed by atoms with Gasteiger partial charge in [0.1, 0.15) is 0 Å². The molecule has 0 saturated heterocycles. The van der Waals surface area contributed by atoms with Gasteiger partial charge >= 0.3 is 0 Å². The molecule has 0 heterocycles. The number of rotatable bonds is 6. The minimum atomic E-state index is 0.373. The van der Waals surface area contributed by atoms with Gasteiger partial charge in [0, 0.05) is 12.0 Å². The van der Waals surface area contributed by atoms with E-state index in [2.05, 4.69) is 80.7 Å². The Morgan fingerprint density at radius 2 is 1.55 bits per heavy atom. The second-order valence-electron chi connectivity index (χ2n) is 5.54. The number of aryl methyl sites for hydroxylation is 1. The zero-order chi connectivity index (χ0) is 14.4. The molecule has 1 nitrogen and oxygen atoms in total. The van der Waals surface area contributed by atoms with Crippen molar-refractivity contribution < 1.29 is 0 Å². The molecule has 0 aliphatic heterocycles. The van der Waals surface area contributed by atoms with Crippen molar-refractivity contribution in [3.63, 3.8) is 0 Å². The van der Waals surface area contributed by atoms with Crippen molar-refractivity contribution in [3.05, 3.63) is 71.3 Å². The van der Waals surface area contributed by atoms with Gasteiger partial charge in [0.05, 0.1) is 0 Å². The van der Waals surface area contributed by atoms with Crippen molar-refractivity contribution in [2.45, 2.75) is 39.2 Å². The van der Waals surface area contributed by atoms with Crippen molar-refractivity contribution in [2.24, 2.45) is 0 Å². The second kappa shape index (κ2) is 7.25. The van der Waals surface area contributed by atoms with Gasteiger partial charge in [-0.25, -0.2) is 0 Å². The first kappa shape index (κ1) is 14.8. The topological polar surface area (TPSA) is 12.0 Å². The molecule has 2 unspecified atom stereocenters. The van der Waals surface area contributed by atoms with Gasteiger partial charge in [-0.2, -0.15) is 0 Å². The van der Waals surface area contributed by atoms with E-state index in [9.17, 15) is 0 Å². The fourth-order valence-electron chi connectivity index (χ4n) is 2.61. The highest BCUT2D eigenvalue weighted by Gasteiger charge is 2.19. The van der Waals surface area contributed by atoms with E-state index in [1.807, 2.05) is 0 Å². The van der Waals surface area contributed by atoms with Gasteiger partial charge in [-0.15, -0.1) is 0 Å². The molecule has 0 fully saturated rings. The Morgan fingerprint density at radius 3 is 2.15 bits per heavy atom. The molecule has 0 aliphatic carbocycles. The summed E-state index contributed by atoms with van der Waals surface area (Å²) < 4.78 is 0. The van der Waals surface area contributed by atoms with Crippen LogP contribution in [0.2, 0.25) is 0 Å². The van der Waals surface area contributed by atoms with Gasteiger partial charge in [0.15, 0.2) is 0 Å². The minimum absolute atomic E-state index is 0.373. The smallest absolute Gasteiger partial charge is 0.0386 e. The maximum absolute atomic E-state index is 3.70. The quantitative estimate of drug-likeness (QED) is 0.789. The van der Waals surface area contributed by atoms with Crippen molar-refractivity contribution >= 4 is 0 Å². The Kier molecular flexibility index (Phi) is 5.37. The molecule has 0 saturated carbocycles. The van der Waals surface area contributed by atoms with Crippen LogP contribution in [-0.2, 0) is 0 Å². The fourth-order valence-corrected chi connectivity index (χ4v) is 2.61. The molecule has 0 radical (unpaired) electrons. The molecule has 2 atom stereocenters. The van der Waals surface area contributed by atoms with E-state index in [4.69, 9.17) is 0 Å². The Morgan fingerprint density at radius 1 is 0.900 bits per heavy atom. The molecular weight excluding hydrogens is 242 g/mol. The van der Waals surface area contributed by atoms with E-state index in [0.717, 1.165) is 13.0 Å². The number of hydrogen-bond donors (Lipinski definition) is 1. The number of hydrogen-bond acceptors (Lipinski definition) is 1. The molecule has 0 aromatic heterocycles. The third-order valence-electron chi connectivity index (χ3n) is 3.88. The van der Waals surface area contributed by atoms with Crippen LogP contribution in [0, 0.1) is 6.92 Å². The summed E-state index contributed by atoms with van der Waals surface area (Å²) in [5.74, 6) is 0.463. The van der Waals surface area contributed by atoms with Gasteiger partial charge in [0.25, 0.3) is 0 Å². The third-order valence-corrected chi connectivity index (χ3v) is 3.88. The second-order valence-corrected chi connectivity index (χ2v) is 5.54. The molecular formula is C19H25N. The van der Waals surface area contributed by atoms with Crippen molar-refractivity contribution in [3.8, 4) is 0 Å². The lowest BCUT2D eigenvalue weighted by molar-refractivity contribution is 0.466. The standard InChI is InChI=1S/C19H25N/c1-4-14-20-19(18-12-10-15(2)11-13-18)16(3)17-8-6-5-7-9-17/h5-13,16,19-20H,4,14H2,1-3H3. The first-order valence-electron chi connectivity index (χ1n) is 7.57. The summed E-state index contributed by atoms with van der Waals surface area (Å²) in [5.41, 5.74) is 4.08.